The molecular weight excluding hydrogens is 244 g/mol. The molecule has 1 aromatic heterocycles. The fraction of sp³-hybridized carbons (Fsp3) is 0.143. The summed E-state index contributed by atoms with van der Waals surface area (Å²) in [6.07, 6.45) is 2.00. The van der Waals surface area contributed by atoms with E-state index in [1.165, 1.54) is 6.26 Å². The average Bonchev–Trinajstić information content (AvgIpc) is 2.95. The molecule has 1 heterocycles. The van der Waals surface area contributed by atoms with Gasteiger partial charge in [-0.15, -0.1) is 0 Å². The molecule has 19 heavy (non-hydrogen) atoms. The van der Waals surface area contributed by atoms with E-state index in [4.69, 9.17) is 4.42 Å². The minimum absolute atomic E-state index is 0.135. The number of rotatable bonds is 4. The first kappa shape index (κ1) is 12.9. The molecule has 0 aliphatic heterocycles. The summed E-state index contributed by atoms with van der Waals surface area (Å²) in [7, 11) is 0. The Morgan fingerprint density at radius 2 is 2.11 bits per heavy atom. The van der Waals surface area contributed by atoms with E-state index < -0.39 is 5.91 Å². The molecule has 98 valence electrons. The molecule has 5 heteroatoms. The molecule has 0 spiro atoms. The molecule has 1 aromatic carbocycles. The Labute approximate surface area is 110 Å². The number of amides is 1. The molecule has 2 rings (SSSR count). The van der Waals surface area contributed by atoms with Crippen molar-refractivity contribution in [1.82, 2.24) is 5.43 Å². The van der Waals surface area contributed by atoms with Crippen LogP contribution in [0.15, 0.2) is 52.2 Å². The van der Waals surface area contributed by atoms with Crippen LogP contribution in [-0.2, 0) is 0 Å². The zero-order chi connectivity index (χ0) is 13.7. The summed E-state index contributed by atoms with van der Waals surface area (Å²) < 4.78 is 4.96. The Balaban J connectivity index is 2.16. The lowest BCUT2D eigenvalue weighted by Crippen LogP contribution is -2.19. The number of aromatic hydroxyl groups is 1. The number of benzene rings is 1. The number of nitrogens with one attached hydrogen (secondary N) is 1. The van der Waals surface area contributed by atoms with Gasteiger partial charge in [0, 0.05) is 5.56 Å². The number of carbonyl (C=O) groups is 1. The lowest BCUT2D eigenvalue weighted by molar-refractivity contribution is 0.0927. The van der Waals surface area contributed by atoms with Crippen LogP contribution in [0.25, 0.3) is 0 Å². The van der Waals surface area contributed by atoms with Crippen molar-refractivity contribution in [2.24, 2.45) is 5.10 Å². The number of furan rings is 1. The number of hydrazone groups is 1. The number of hydrogen-bond acceptors (Lipinski definition) is 4. The van der Waals surface area contributed by atoms with E-state index in [9.17, 15) is 9.90 Å². The minimum atomic E-state index is -0.425. The van der Waals surface area contributed by atoms with Gasteiger partial charge in [0.15, 0.2) is 5.76 Å². The molecule has 0 radical (unpaired) electrons. The quantitative estimate of drug-likeness (QED) is 0.653. The first-order valence-electron chi connectivity index (χ1n) is 5.91. The van der Waals surface area contributed by atoms with Crippen LogP contribution in [-0.4, -0.2) is 16.7 Å². The fourth-order valence-electron chi connectivity index (χ4n) is 1.63. The standard InChI is InChI=1S/C14H14N2O3/c1-2-11(10-6-3-4-7-12(10)17)15-16-14(18)13-8-5-9-19-13/h3-9,17H,2H2,1H3,(H,16,18). The fourth-order valence-corrected chi connectivity index (χ4v) is 1.63. The second-order valence-electron chi connectivity index (χ2n) is 3.85. The van der Waals surface area contributed by atoms with Gasteiger partial charge in [0.05, 0.1) is 12.0 Å². The molecule has 0 saturated heterocycles. The molecule has 0 fully saturated rings. The summed E-state index contributed by atoms with van der Waals surface area (Å²) >= 11 is 0. The largest absolute Gasteiger partial charge is 0.507 e. The Kier molecular flexibility index (Phi) is 3.97. The summed E-state index contributed by atoms with van der Waals surface area (Å²) in [5, 5.41) is 13.8. The van der Waals surface area contributed by atoms with Gasteiger partial charge in [-0.05, 0) is 30.7 Å². The SMILES string of the molecule is CCC(=NNC(=O)c1ccco1)c1ccccc1O. The second-order valence-corrected chi connectivity index (χ2v) is 3.85. The summed E-state index contributed by atoms with van der Waals surface area (Å²) in [6, 6.07) is 10.0. The molecule has 0 bridgehead atoms. The maximum absolute atomic E-state index is 11.7. The molecule has 0 saturated carbocycles. The van der Waals surface area contributed by atoms with Gasteiger partial charge >= 0.3 is 5.91 Å². The van der Waals surface area contributed by atoms with Crippen molar-refractivity contribution in [2.45, 2.75) is 13.3 Å². The molecule has 1 amide bonds. The van der Waals surface area contributed by atoms with Crippen LogP contribution in [0.4, 0.5) is 0 Å². The minimum Gasteiger partial charge on any atom is -0.507 e. The highest BCUT2D eigenvalue weighted by Crippen LogP contribution is 2.17. The highest BCUT2D eigenvalue weighted by molar-refractivity contribution is 6.03. The Bertz CT molecular complexity index is 588. The van der Waals surface area contributed by atoms with E-state index in [0.29, 0.717) is 17.7 Å². The third-order valence-electron chi connectivity index (χ3n) is 2.59. The van der Waals surface area contributed by atoms with Crippen LogP contribution in [0.2, 0.25) is 0 Å². The van der Waals surface area contributed by atoms with E-state index in [2.05, 4.69) is 10.5 Å². The van der Waals surface area contributed by atoms with Gasteiger partial charge in [-0.1, -0.05) is 19.1 Å². The summed E-state index contributed by atoms with van der Waals surface area (Å²) in [6.45, 7) is 1.89. The highest BCUT2D eigenvalue weighted by atomic mass is 16.3. The smallest absolute Gasteiger partial charge is 0.307 e. The third kappa shape index (κ3) is 3.01. The predicted octanol–water partition coefficient (Wildman–Crippen LogP) is 2.53. The Morgan fingerprint density at radius 3 is 2.74 bits per heavy atom. The second kappa shape index (κ2) is 5.86. The summed E-state index contributed by atoms with van der Waals surface area (Å²) in [4.78, 5) is 11.7. The molecule has 0 aliphatic carbocycles. The molecule has 0 atom stereocenters. The van der Waals surface area contributed by atoms with Gasteiger partial charge in [-0.3, -0.25) is 4.79 Å². The van der Waals surface area contributed by atoms with Crippen molar-refractivity contribution in [3.63, 3.8) is 0 Å². The normalized spacial score (nSPS) is 11.3. The van der Waals surface area contributed by atoms with Crippen molar-refractivity contribution in [3.05, 3.63) is 54.0 Å². The van der Waals surface area contributed by atoms with Crippen molar-refractivity contribution in [2.75, 3.05) is 0 Å². The van der Waals surface area contributed by atoms with Crippen LogP contribution in [0.1, 0.15) is 29.5 Å². The van der Waals surface area contributed by atoms with E-state index in [1.807, 2.05) is 6.92 Å². The molecule has 2 N–H and O–H groups in total. The lowest BCUT2D eigenvalue weighted by Gasteiger charge is -2.06. The Hall–Kier alpha value is -2.56. The van der Waals surface area contributed by atoms with Crippen molar-refractivity contribution < 1.29 is 14.3 Å². The van der Waals surface area contributed by atoms with E-state index >= 15 is 0 Å². The van der Waals surface area contributed by atoms with E-state index in [1.54, 1.807) is 36.4 Å². The number of phenolic OH excluding ortho intramolecular Hbond substituents is 1. The Morgan fingerprint density at radius 1 is 1.32 bits per heavy atom. The van der Waals surface area contributed by atoms with Crippen LogP contribution in [0, 0.1) is 0 Å². The summed E-state index contributed by atoms with van der Waals surface area (Å²) in [5.41, 5.74) is 3.60. The first-order valence-corrected chi connectivity index (χ1v) is 5.91. The predicted molar refractivity (Wildman–Crippen MR) is 71.1 cm³/mol. The molecule has 0 unspecified atom stereocenters. The van der Waals surface area contributed by atoms with Crippen LogP contribution in [0.3, 0.4) is 0 Å². The van der Waals surface area contributed by atoms with Crippen LogP contribution >= 0.6 is 0 Å². The van der Waals surface area contributed by atoms with Gasteiger partial charge in [0.1, 0.15) is 5.75 Å². The molecule has 2 aromatic rings. The lowest BCUT2D eigenvalue weighted by atomic mass is 10.1. The average molecular weight is 258 g/mol. The number of hydrogen-bond donors (Lipinski definition) is 2. The zero-order valence-electron chi connectivity index (χ0n) is 10.5. The topological polar surface area (TPSA) is 74.8 Å². The van der Waals surface area contributed by atoms with Gasteiger partial charge in [0.2, 0.25) is 0 Å². The summed E-state index contributed by atoms with van der Waals surface area (Å²) in [5.74, 6) is -0.0989. The zero-order valence-corrected chi connectivity index (χ0v) is 10.5. The monoisotopic (exact) mass is 258 g/mol. The van der Waals surface area contributed by atoms with Gasteiger partial charge in [0.25, 0.3) is 0 Å². The maximum atomic E-state index is 11.7. The number of nitrogens with zero attached hydrogens (tertiary/aromatic N) is 1. The first-order chi connectivity index (χ1) is 9.22. The van der Waals surface area contributed by atoms with E-state index in [-0.39, 0.29) is 11.5 Å². The van der Waals surface area contributed by atoms with Gasteiger partial charge in [-0.25, -0.2) is 5.43 Å². The molecular formula is C14H14N2O3. The maximum Gasteiger partial charge on any atom is 0.307 e. The van der Waals surface area contributed by atoms with Crippen molar-refractivity contribution in [3.8, 4) is 5.75 Å². The van der Waals surface area contributed by atoms with Crippen molar-refractivity contribution >= 4 is 11.6 Å². The number of para-hydroxylation sites is 1. The van der Waals surface area contributed by atoms with E-state index in [0.717, 1.165) is 0 Å². The number of phenols is 1. The van der Waals surface area contributed by atoms with Crippen LogP contribution in [0.5, 0.6) is 5.75 Å². The van der Waals surface area contributed by atoms with Crippen molar-refractivity contribution in [1.29, 1.82) is 0 Å². The third-order valence-corrected chi connectivity index (χ3v) is 2.59. The highest BCUT2D eigenvalue weighted by Gasteiger charge is 2.10. The number of carbonyl (C=O) groups excluding carboxylic acids is 1. The molecule has 5 nitrogen and oxygen atoms in total. The van der Waals surface area contributed by atoms with Crippen LogP contribution < -0.4 is 5.43 Å². The van der Waals surface area contributed by atoms with Gasteiger partial charge in [-0.2, -0.15) is 5.10 Å². The van der Waals surface area contributed by atoms with Gasteiger partial charge < -0.3 is 9.52 Å². The molecule has 0 aliphatic rings.